The molecule has 2 aromatic carbocycles. The Labute approximate surface area is 87.2 Å². The number of carbonyl (C=O) groups is 1. The van der Waals surface area contributed by atoms with Gasteiger partial charge in [0.25, 0.3) is 0 Å². The van der Waals surface area contributed by atoms with Crippen molar-refractivity contribution in [3.05, 3.63) is 42.0 Å². The number of phenolic OH excluding ortho intramolecular Hbond substituents is 1. The second kappa shape index (κ2) is 3.85. The number of hydrogen-bond acceptors (Lipinski definition) is 2. The van der Waals surface area contributed by atoms with E-state index in [9.17, 15) is 9.90 Å². The summed E-state index contributed by atoms with van der Waals surface area (Å²) in [6.45, 7) is 0. The number of phenols is 1. The van der Waals surface area contributed by atoms with Crippen molar-refractivity contribution in [2.75, 3.05) is 0 Å². The van der Waals surface area contributed by atoms with E-state index in [4.69, 9.17) is 0 Å². The van der Waals surface area contributed by atoms with Gasteiger partial charge in [-0.3, -0.25) is 4.79 Å². The first-order chi connectivity index (χ1) is 7.29. The standard InChI is InChI=1S/C13H8O2/c14-7-1-2-10-3-4-12-9-13(15)6-5-11(12)8-10/h3-9,15H. The molecule has 0 spiro atoms. The molecular formula is C13H8O2. The number of fused-ring (bicyclic) bond motifs is 1. The van der Waals surface area contributed by atoms with Crippen LogP contribution in [0.4, 0.5) is 0 Å². The summed E-state index contributed by atoms with van der Waals surface area (Å²) in [5, 5.41) is 11.2. The van der Waals surface area contributed by atoms with Crippen LogP contribution in [-0.4, -0.2) is 11.4 Å². The van der Waals surface area contributed by atoms with Crippen LogP contribution in [0.1, 0.15) is 5.56 Å². The van der Waals surface area contributed by atoms with Crippen LogP contribution in [0, 0.1) is 11.8 Å². The average Bonchev–Trinajstić information content (AvgIpc) is 2.26. The highest BCUT2D eigenvalue weighted by atomic mass is 16.3. The molecule has 0 atom stereocenters. The molecule has 0 unspecified atom stereocenters. The Kier molecular flexibility index (Phi) is 2.38. The minimum Gasteiger partial charge on any atom is -0.508 e. The number of aromatic hydroxyl groups is 1. The maximum absolute atomic E-state index is 10.1. The zero-order valence-corrected chi connectivity index (χ0v) is 7.90. The molecule has 2 rings (SSSR count). The van der Waals surface area contributed by atoms with Crippen molar-refractivity contribution in [1.29, 1.82) is 0 Å². The zero-order valence-electron chi connectivity index (χ0n) is 7.90. The highest BCUT2D eigenvalue weighted by Gasteiger charge is 1.95. The van der Waals surface area contributed by atoms with Gasteiger partial charge in [-0.25, -0.2) is 0 Å². The number of carbonyl (C=O) groups excluding carboxylic acids is 1. The third-order valence-corrected chi connectivity index (χ3v) is 2.10. The lowest BCUT2D eigenvalue weighted by atomic mass is 10.1. The molecule has 2 nitrogen and oxygen atoms in total. The summed E-state index contributed by atoms with van der Waals surface area (Å²) >= 11 is 0. The summed E-state index contributed by atoms with van der Waals surface area (Å²) in [4.78, 5) is 10.1. The highest BCUT2D eigenvalue weighted by molar-refractivity contribution is 5.85. The Morgan fingerprint density at radius 1 is 1.07 bits per heavy atom. The van der Waals surface area contributed by atoms with Gasteiger partial charge in [0.15, 0.2) is 6.29 Å². The van der Waals surface area contributed by atoms with E-state index >= 15 is 0 Å². The summed E-state index contributed by atoms with van der Waals surface area (Å²) in [6.07, 6.45) is 0.570. The number of aldehydes is 1. The first-order valence-corrected chi connectivity index (χ1v) is 4.47. The third kappa shape index (κ3) is 1.97. The maximum Gasteiger partial charge on any atom is 0.193 e. The van der Waals surface area contributed by atoms with Crippen molar-refractivity contribution in [1.82, 2.24) is 0 Å². The molecule has 0 bridgehead atoms. The van der Waals surface area contributed by atoms with Crippen LogP contribution in [0.5, 0.6) is 5.75 Å². The van der Waals surface area contributed by atoms with Gasteiger partial charge in [0, 0.05) is 5.56 Å². The van der Waals surface area contributed by atoms with E-state index in [0.29, 0.717) is 6.29 Å². The van der Waals surface area contributed by atoms with Gasteiger partial charge < -0.3 is 5.11 Å². The van der Waals surface area contributed by atoms with Crippen molar-refractivity contribution in [3.8, 4) is 17.6 Å². The summed E-state index contributed by atoms with van der Waals surface area (Å²) in [6, 6.07) is 10.7. The fourth-order valence-corrected chi connectivity index (χ4v) is 1.42. The van der Waals surface area contributed by atoms with Crippen LogP contribution in [0.25, 0.3) is 10.8 Å². The lowest BCUT2D eigenvalue weighted by Crippen LogP contribution is -1.77. The normalized spacial score (nSPS) is 9.33. The molecule has 72 valence electrons. The number of hydrogen-bond donors (Lipinski definition) is 1. The SMILES string of the molecule is O=CC#Cc1ccc2cc(O)ccc2c1. The van der Waals surface area contributed by atoms with E-state index in [-0.39, 0.29) is 5.75 Å². The molecule has 0 saturated carbocycles. The molecule has 2 heteroatoms. The first kappa shape index (κ1) is 9.29. The van der Waals surface area contributed by atoms with Gasteiger partial charge in [-0.1, -0.05) is 18.1 Å². The first-order valence-electron chi connectivity index (χ1n) is 4.47. The van der Waals surface area contributed by atoms with Crippen molar-refractivity contribution in [2.45, 2.75) is 0 Å². The smallest absolute Gasteiger partial charge is 0.193 e. The Balaban J connectivity index is 2.56. The van der Waals surface area contributed by atoms with Gasteiger partial charge in [-0.05, 0) is 41.0 Å². The van der Waals surface area contributed by atoms with Crippen LogP contribution >= 0.6 is 0 Å². The Bertz CT molecular complexity index is 574. The predicted octanol–water partition coefficient (Wildman–Crippen LogP) is 2.10. The third-order valence-electron chi connectivity index (χ3n) is 2.10. The molecule has 1 N–H and O–H groups in total. The molecule has 0 saturated heterocycles. The summed E-state index contributed by atoms with van der Waals surface area (Å²) < 4.78 is 0. The highest BCUT2D eigenvalue weighted by Crippen LogP contribution is 2.20. The van der Waals surface area contributed by atoms with Gasteiger partial charge in [0.1, 0.15) is 5.75 Å². The summed E-state index contributed by atoms with van der Waals surface area (Å²) in [5.41, 5.74) is 0.792. The molecule has 0 radical (unpaired) electrons. The number of rotatable bonds is 0. The fourth-order valence-electron chi connectivity index (χ4n) is 1.42. The minimum atomic E-state index is 0.245. The van der Waals surface area contributed by atoms with Crippen molar-refractivity contribution in [3.63, 3.8) is 0 Å². The molecule has 2 aromatic rings. The zero-order chi connectivity index (χ0) is 10.7. The molecule has 0 aliphatic rings. The van der Waals surface area contributed by atoms with Crippen LogP contribution in [0.2, 0.25) is 0 Å². The van der Waals surface area contributed by atoms with Crippen LogP contribution in [0.15, 0.2) is 36.4 Å². The summed E-state index contributed by atoms with van der Waals surface area (Å²) in [5.74, 6) is 5.33. The molecule has 15 heavy (non-hydrogen) atoms. The van der Waals surface area contributed by atoms with Gasteiger partial charge >= 0.3 is 0 Å². The van der Waals surface area contributed by atoms with E-state index in [2.05, 4.69) is 11.8 Å². The van der Waals surface area contributed by atoms with Crippen molar-refractivity contribution in [2.24, 2.45) is 0 Å². The van der Waals surface area contributed by atoms with Gasteiger partial charge in [-0.15, -0.1) is 0 Å². The van der Waals surface area contributed by atoms with E-state index in [1.165, 1.54) is 0 Å². The molecule has 0 aromatic heterocycles. The van der Waals surface area contributed by atoms with Crippen molar-refractivity contribution < 1.29 is 9.90 Å². The van der Waals surface area contributed by atoms with E-state index in [1.54, 1.807) is 12.1 Å². The molecule has 0 heterocycles. The molecule has 0 amide bonds. The van der Waals surface area contributed by atoms with E-state index in [0.717, 1.165) is 16.3 Å². The van der Waals surface area contributed by atoms with Gasteiger partial charge in [-0.2, -0.15) is 0 Å². The monoisotopic (exact) mass is 196 g/mol. The minimum absolute atomic E-state index is 0.245. The van der Waals surface area contributed by atoms with Gasteiger partial charge in [0.05, 0.1) is 0 Å². The average molecular weight is 196 g/mol. The Morgan fingerprint density at radius 2 is 1.80 bits per heavy atom. The van der Waals surface area contributed by atoms with Crippen LogP contribution < -0.4 is 0 Å². The second-order valence-corrected chi connectivity index (χ2v) is 3.13. The Hall–Kier alpha value is -2.27. The van der Waals surface area contributed by atoms with Gasteiger partial charge in [0.2, 0.25) is 0 Å². The summed E-state index contributed by atoms with van der Waals surface area (Å²) in [7, 11) is 0. The van der Waals surface area contributed by atoms with Crippen LogP contribution in [-0.2, 0) is 4.79 Å². The van der Waals surface area contributed by atoms with E-state index in [1.807, 2.05) is 24.3 Å². The topological polar surface area (TPSA) is 37.3 Å². The lowest BCUT2D eigenvalue weighted by Gasteiger charge is -1.99. The predicted molar refractivity (Wildman–Crippen MR) is 58.6 cm³/mol. The van der Waals surface area contributed by atoms with Crippen LogP contribution in [0.3, 0.4) is 0 Å². The lowest BCUT2D eigenvalue weighted by molar-refractivity contribution is -0.103. The quantitative estimate of drug-likeness (QED) is 0.517. The molecule has 0 aliphatic carbocycles. The largest absolute Gasteiger partial charge is 0.508 e. The Morgan fingerprint density at radius 3 is 2.60 bits per heavy atom. The number of benzene rings is 2. The second-order valence-electron chi connectivity index (χ2n) is 3.13. The van der Waals surface area contributed by atoms with E-state index < -0.39 is 0 Å². The fraction of sp³-hybridized carbons (Fsp3) is 0. The van der Waals surface area contributed by atoms with Crippen molar-refractivity contribution >= 4 is 17.1 Å². The maximum atomic E-state index is 10.1. The molecular weight excluding hydrogens is 188 g/mol. The molecule has 0 fully saturated rings. The molecule has 0 aliphatic heterocycles.